The lowest BCUT2D eigenvalue weighted by Crippen LogP contribution is -2.37. The van der Waals surface area contributed by atoms with Gasteiger partial charge in [-0.1, -0.05) is 18.2 Å². The molecule has 0 bridgehead atoms. The molecule has 2 aromatic heterocycles. The lowest BCUT2D eigenvalue weighted by Gasteiger charge is -2.11. The van der Waals surface area contributed by atoms with Crippen molar-refractivity contribution in [3.8, 4) is 5.75 Å². The van der Waals surface area contributed by atoms with E-state index in [1.165, 1.54) is 11.1 Å². The van der Waals surface area contributed by atoms with Gasteiger partial charge in [0.1, 0.15) is 11.4 Å². The first-order chi connectivity index (χ1) is 12.7. The lowest BCUT2D eigenvalue weighted by atomic mass is 10.2. The molecule has 0 amide bonds. The number of rotatable bonds is 6. The molecule has 0 fully saturated rings. The van der Waals surface area contributed by atoms with Crippen LogP contribution in [0.25, 0.3) is 5.65 Å². The van der Waals surface area contributed by atoms with Gasteiger partial charge in [-0.05, 0) is 36.2 Å². The van der Waals surface area contributed by atoms with Crippen LogP contribution in [-0.4, -0.2) is 36.0 Å². The van der Waals surface area contributed by atoms with Crippen molar-refractivity contribution in [1.82, 2.24) is 20.0 Å². The quantitative estimate of drug-likeness (QED) is 0.529. The fourth-order valence-electron chi connectivity index (χ4n) is 2.78. The van der Waals surface area contributed by atoms with Gasteiger partial charge in [0.25, 0.3) is 0 Å². The van der Waals surface area contributed by atoms with Crippen molar-refractivity contribution in [2.75, 3.05) is 20.7 Å². The van der Waals surface area contributed by atoms with Crippen molar-refractivity contribution in [2.24, 2.45) is 4.99 Å². The summed E-state index contributed by atoms with van der Waals surface area (Å²) in [6.45, 7) is 3.55. The summed E-state index contributed by atoms with van der Waals surface area (Å²) in [6, 6.07) is 12.1. The van der Waals surface area contributed by atoms with Gasteiger partial charge in [0.2, 0.25) is 0 Å². The van der Waals surface area contributed by atoms with E-state index in [9.17, 15) is 0 Å². The van der Waals surface area contributed by atoms with E-state index < -0.39 is 0 Å². The van der Waals surface area contributed by atoms with Gasteiger partial charge in [-0.25, -0.2) is 4.98 Å². The Morgan fingerprint density at radius 3 is 2.69 bits per heavy atom. The molecule has 0 atom stereocenters. The minimum atomic E-state index is 0.706. The smallest absolute Gasteiger partial charge is 0.191 e. The molecule has 0 aliphatic heterocycles. The van der Waals surface area contributed by atoms with Crippen molar-refractivity contribution in [2.45, 2.75) is 19.9 Å². The molecule has 2 heterocycles. The van der Waals surface area contributed by atoms with E-state index in [0.29, 0.717) is 6.54 Å². The van der Waals surface area contributed by atoms with Gasteiger partial charge >= 0.3 is 0 Å². The number of methoxy groups -OCH3 is 1. The number of benzene rings is 1. The Morgan fingerprint density at radius 1 is 1.19 bits per heavy atom. The van der Waals surface area contributed by atoms with Crippen molar-refractivity contribution >= 4 is 11.6 Å². The second-order valence-corrected chi connectivity index (χ2v) is 6.10. The summed E-state index contributed by atoms with van der Waals surface area (Å²) in [7, 11) is 3.45. The van der Waals surface area contributed by atoms with Crippen LogP contribution in [0.1, 0.15) is 16.8 Å². The molecule has 6 heteroatoms. The molecule has 3 rings (SSSR count). The predicted molar refractivity (Wildman–Crippen MR) is 105 cm³/mol. The summed E-state index contributed by atoms with van der Waals surface area (Å²) in [5.41, 5.74) is 4.44. The van der Waals surface area contributed by atoms with Crippen molar-refractivity contribution in [3.05, 3.63) is 65.6 Å². The van der Waals surface area contributed by atoms with Crippen LogP contribution in [0.4, 0.5) is 0 Å². The Morgan fingerprint density at radius 2 is 2.00 bits per heavy atom. The third-order valence-electron chi connectivity index (χ3n) is 4.24. The minimum absolute atomic E-state index is 0.706. The number of hydrogen-bond donors (Lipinski definition) is 2. The van der Waals surface area contributed by atoms with Gasteiger partial charge in [0.05, 0.1) is 12.8 Å². The van der Waals surface area contributed by atoms with Gasteiger partial charge in [-0.3, -0.25) is 4.99 Å². The minimum Gasteiger partial charge on any atom is -0.497 e. The number of aliphatic imine (C=N–C) groups is 1. The zero-order valence-corrected chi connectivity index (χ0v) is 15.5. The Kier molecular flexibility index (Phi) is 5.73. The van der Waals surface area contributed by atoms with E-state index in [-0.39, 0.29) is 0 Å². The first-order valence-electron chi connectivity index (χ1n) is 8.70. The molecular formula is C20H25N5O. The van der Waals surface area contributed by atoms with E-state index in [2.05, 4.69) is 39.2 Å². The topological polar surface area (TPSA) is 63.0 Å². The Labute approximate surface area is 153 Å². The van der Waals surface area contributed by atoms with Crippen LogP contribution in [0, 0.1) is 6.92 Å². The van der Waals surface area contributed by atoms with Crippen LogP contribution in [0.15, 0.2) is 53.8 Å². The highest BCUT2D eigenvalue weighted by Crippen LogP contribution is 2.11. The molecule has 0 saturated heterocycles. The Hall–Kier alpha value is -3.02. The number of nitrogens with one attached hydrogen (secondary N) is 2. The van der Waals surface area contributed by atoms with E-state index in [1.807, 2.05) is 36.5 Å². The van der Waals surface area contributed by atoms with Crippen LogP contribution in [0.5, 0.6) is 5.75 Å². The zero-order chi connectivity index (χ0) is 18.4. The van der Waals surface area contributed by atoms with Crippen LogP contribution < -0.4 is 15.4 Å². The molecule has 0 saturated carbocycles. The fraction of sp³-hybridized carbons (Fsp3) is 0.300. The number of pyridine rings is 1. The lowest BCUT2D eigenvalue weighted by molar-refractivity contribution is 0.414. The monoisotopic (exact) mass is 351 g/mol. The molecule has 26 heavy (non-hydrogen) atoms. The first kappa shape index (κ1) is 17.8. The van der Waals surface area contributed by atoms with Crippen LogP contribution >= 0.6 is 0 Å². The zero-order valence-electron chi connectivity index (χ0n) is 15.5. The average molecular weight is 351 g/mol. The summed E-state index contributed by atoms with van der Waals surface area (Å²) >= 11 is 0. The predicted octanol–water partition coefficient (Wildman–Crippen LogP) is 2.56. The molecule has 0 unspecified atom stereocenters. The SMILES string of the molecule is CN=C(NCCc1cn2cccc(C)c2n1)NCc1ccc(OC)cc1. The molecule has 1 aromatic carbocycles. The highest BCUT2D eigenvalue weighted by molar-refractivity contribution is 5.79. The Bertz CT molecular complexity index is 883. The van der Waals surface area contributed by atoms with Crippen LogP contribution in [-0.2, 0) is 13.0 Å². The molecule has 136 valence electrons. The highest BCUT2D eigenvalue weighted by Gasteiger charge is 2.04. The molecule has 0 aliphatic carbocycles. The van der Waals surface area contributed by atoms with E-state index in [0.717, 1.165) is 36.0 Å². The molecule has 0 spiro atoms. The summed E-state index contributed by atoms with van der Waals surface area (Å²) in [4.78, 5) is 8.96. The van der Waals surface area contributed by atoms with Gasteiger partial charge in [0, 0.05) is 39.0 Å². The fourth-order valence-corrected chi connectivity index (χ4v) is 2.78. The Balaban J connectivity index is 1.49. The number of aromatic nitrogens is 2. The largest absolute Gasteiger partial charge is 0.497 e. The average Bonchev–Trinajstić information content (AvgIpc) is 3.09. The molecule has 0 radical (unpaired) electrons. The van der Waals surface area contributed by atoms with E-state index >= 15 is 0 Å². The van der Waals surface area contributed by atoms with Crippen molar-refractivity contribution < 1.29 is 4.74 Å². The summed E-state index contributed by atoms with van der Waals surface area (Å²) in [5.74, 6) is 1.64. The normalized spacial score (nSPS) is 11.6. The molecule has 2 N–H and O–H groups in total. The van der Waals surface area contributed by atoms with Gasteiger partial charge in [-0.15, -0.1) is 0 Å². The summed E-state index contributed by atoms with van der Waals surface area (Å²) in [6.07, 6.45) is 4.95. The standard InChI is InChI=1S/C20H25N5O/c1-15-5-4-12-25-14-17(24-19(15)25)10-11-22-20(21-2)23-13-16-6-8-18(26-3)9-7-16/h4-9,12,14H,10-11,13H2,1-3H3,(H2,21,22,23). The molecule has 3 aromatic rings. The third-order valence-corrected chi connectivity index (χ3v) is 4.24. The number of aryl methyl sites for hydroxylation is 1. The van der Waals surface area contributed by atoms with Crippen molar-refractivity contribution in [3.63, 3.8) is 0 Å². The van der Waals surface area contributed by atoms with E-state index in [4.69, 9.17) is 9.72 Å². The van der Waals surface area contributed by atoms with Gasteiger partial charge in [-0.2, -0.15) is 0 Å². The second kappa shape index (κ2) is 8.38. The van der Waals surface area contributed by atoms with Crippen molar-refractivity contribution in [1.29, 1.82) is 0 Å². The molecule has 0 aliphatic rings. The number of imidazole rings is 1. The third kappa shape index (κ3) is 4.33. The summed E-state index contributed by atoms with van der Waals surface area (Å²) < 4.78 is 7.25. The van der Waals surface area contributed by atoms with E-state index in [1.54, 1.807) is 14.2 Å². The van der Waals surface area contributed by atoms with Crippen LogP contribution in [0.3, 0.4) is 0 Å². The van der Waals surface area contributed by atoms with Gasteiger partial charge < -0.3 is 19.8 Å². The summed E-state index contributed by atoms with van der Waals surface area (Å²) in [5, 5.41) is 6.65. The van der Waals surface area contributed by atoms with Gasteiger partial charge in [0.15, 0.2) is 5.96 Å². The van der Waals surface area contributed by atoms with Crippen LogP contribution in [0.2, 0.25) is 0 Å². The number of hydrogen-bond acceptors (Lipinski definition) is 3. The maximum absolute atomic E-state index is 5.18. The maximum Gasteiger partial charge on any atom is 0.191 e. The molecular weight excluding hydrogens is 326 g/mol. The molecule has 6 nitrogen and oxygen atoms in total. The maximum atomic E-state index is 5.18. The highest BCUT2D eigenvalue weighted by atomic mass is 16.5. The number of fused-ring (bicyclic) bond motifs is 1. The second-order valence-electron chi connectivity index (χ2n) is 6.10. The number of ether oxygens (including phenoxy) is 1. The first-order valence-corrected chi connectivity index (χ1v) is 8.70. The number of guanidine groups is 1. The number of nitrogens with zero attached hydrogens (tertiary/aromatic N) is 3.